The standard InChI is InChI=1S/C16H17F3N2/c1-3-20-14(8-11-5-4-10(2)9-21-11)12-6-7-13(17)16(19)15(12)18/h4-7,9,14,20H,3,8H2,1-2H3. The molecule has 1 atom stereocenters. The lowest BCUT2D eigenvalue weighted by molar-refractivity contribution is 0.424. The fraction of sp³-hybridized carbons (Fsp3) is 0.312. The third-order valence-electron chi connectivity index (χ3n) is 3.28. The highest BCUT2D eigenvalue weighted by molar-refractivity contribution is 5.25. The Kier molecular flexibility index (Phi) is 4.96. The van der Waals surface area contributed by atoms with Gasteiger partial charge in [0, 0.05) is 29.9 Å². The molecule has 1 heterocycles. The molecule has 0 aliphatic heterocycles. The summed E-state index contributed by atoms with van der Waals surface area (Å²) in [6, 6.07) is 5.51. The second-order valence-electron chi connectivity index (χ2n) is 4.91. The molecule has 112 valence electrons. The average molecular weight is 294 g/mol. The van der Waals surface area contributed by atoms with Crippen LogP contribution in [0, 0.1) is 24.4 Å². The first-order chi connectivity index (χ1) is 10.0. The molecule has 0 saturated heterocycles. The summed E-state index contributed by atoms with van der Waals surface area (Å²) in [5.74, 6) is -3.76. The van der Waals surface area contributed by atoms with Crippen LogP contribution in [-0.4, -0.2) is 11.5 Å². The van der Waals surface area contributed by atoms with Crippen LogP contribution in [0.15, 0.2) is 30.5 Å². The molecule has 1 N–H and O–H groups in total. The van der Waals surface area contributed by atoms with Gasteiger partial charge in [0.05, 0.1) is 0 Å². The number of nitrogens with one attached hydrogen (secondary N) is 1. The van der Waals surface area contributed by atoms with E-state index < -0.39 is 23.5 Å². The molecule has 5 heteroatoms. The molecule has 1 aromatic carbocycles. The summed E-state index contributed by atoms with van der Waals surface area (Å²) in [6.07, 6.45) is 2.12. The van der Waals surface area contributed by atoms with Crippen molar-refractivity contribution in [3.63, 3.8) is 0 Å². The van der Waals surface area contributed by atoms with Gasteiger partial charge in [-0.25, -0.2) is 13.2 Å². The highest BCUT2D eigenvalue weighted by Crippen LogP contribution is 2.24. The van der Waals surface area contributed by atoms with Gasteiger partial charge >= 0.3 is 0 Å². The molecule has 0 fully saturated rings. The maximum absolute atomic E-state index is 13.9. The van der Waals surface area contributed by atoms with Crippen LogP contribution in [0.1, 0.15) is 29.8 Å². The topological polar surface area (TPSA) is 24.9 Å². The average Bonchev–Trinajstić information content (AvgIpc) is 2.47. The van der Waals surface area contributed by atoms with Crippen LogP contribution in [0.3, 0.4) is 0 Å². The molecular weight excluding hydrogens is 277 g/mol. The van der Waals surface area contributed by atoms with Gasteiger partial charge in [-0.1, -0.05) is 19.1 Å². The first-order valence-corrected chi connectivity index (χ1v) is 6.81. The number of likely N-dealkylation sites (N-methyl/N-ethyl adjacent to an activating group) is 1. The Morgan fingerprint density at radius 3 is 2.48 bits per heavy atom. The number of halogens is 3. The van der Waals surface area contributed by atoms with Crippen LogP contribution in [0.25, 0.3) is 0 Å². The second kappa shape index (κ2) is 6.72. The van der Waals surface area contributed by atoms with Crippen LogP contribution < -0.4 is 5.32 Å². The molecule has 1 aromatic heterocycles. The first kappa shape index (κ1) is 15.5. The normalized spacial score (nSPS) is 12.4. The molecule has 0 aliphatic carbocycles. The van der Waals surface area contributed by atoms with E-state index in [1.807, 2.05) is 26.0 Å². The minimum absolute atomic E-state index is 0.109. The zero-order chi connectivity index (χ0) is 15.4. The van der Waals surface area contributed by atoms with E-state index in [0.717, 1.165) is 17.3 Å². The summed E-state index contributed by atoms with van der Waals surface area (Å²) in [6.45, 7) is 4.37. The smallest absolute Gasteiger partial charge is 0.194 e. The fourth-order valence-electron chi connectivity index (χ4n) is 2.18. The van der Waals surface area contributed by atoms with Crippen LogP contribution in [-0.2, 0) is 6.42 Å². The molecular formula is C16H17F3N2. The number of hydrogen-bond acceptors (Lipinski definition) is 2. The van der Waals surface area contributed by atoms with Crippen molar-refractivity contribution in [3.05, 3.63) is 64.7 Å². The van der Waals surface area contributed by atoms with Gasteiger partial charge in [0.1, 0.15) is 0 Å². The van der Waals surface area contributed by atoms with E-state index >= 15 is 0 Å². The Bertz CT molecular complexity index is 612. The van der Waals surface area contributed by atoms with Gasteiger partial charge in [0.25, 0.3) is 0 Å². The zero-order valence-corrected chi connectivity index (χ0v) is 12.0. The van der Waals surface area contributed by atoms with Gasteiger partial charge < -0.3 is 5.32 Å². The van der Waals surface area contributed by atoms with E-state index in [2.05, 4.69) is 10.3 Å². The molecule has 0 radical (unpaired) electrons. The number of aryl methyl sites for hydroxylation is 1. The van der Waals surface area contributed by atoms with Gasteiger partial charge in [-0.3, -0.25) is 4.98 Å². The summed E-state index contributed by atoms with van der Waals surface area (Å²) in [5, 5.41) is 3.08. The monoisotopic (exact) mass is 294 g/mol. The van der Waals surface area contributed by atoms with E-state index in [1.54, 1.807) is 6.20 Å². The van der Waals surface area contributed by atoms with Crippen molar-refractivity contribution >= 4 is 0 Å². The van der Waals surface area contributed by atoms with Crippen molar-refractivity contribution in [1.82, 2.24) is 10.3 Å². The minimum atomic E-state index is -1.44. The van der Waals surface area contributed by atoms with Crippen LogP contribution in [0.4, 0.5) is 13.2 Å². The summed E-state index contributed by atoms with van der Waals surface area (Å²) in [4.78, 5) is 4.27. The number of rotatable bonds is 5. The Morgan fingerprint density at radius 2 is 1.86 bits per heavy atom. The summed E-state index contributed by atoms with van der Waals surface area (Å²) in [7, 11) is 0. The molecule has 0 spiro atoms. The minimum Gasteiger partial charge on any atom is -0.310 e. The van der Waals surface area contributed by atoms with Crippen molar-refractivity contribution in [2.45, 2.75) is 26.3 Å². The summed E-state index contributed by atoms with van der Waals surface area (Å²) >= 11 is 0. The number of benzene rings is 1. The van der Waals surface area contributed by atoms with Gasteiger partial charge in [0.2, 0.25) is 0 Å². The molecule has 0 saturated carbocycles. The van der Waals surface area contributed by atoms with Gasteiger partial charge in [-0.05, 0) is 31.2 Å². The van der Waals surface area contributed by atoms with Gasteiger partial charge in [0.15, 0.2) is 17.5 Å². The maximum Gasteiger partial charge on any atom is 0.194 e. The SMILES string of the molecule is CCNC(Cc1ccc(C)cn1)c1ccc(F)c(F)c1F. The van der Waals surface area contributed by atoms with E-state index in [9.17, 15) is 13.2 Å². The number of aromatic nitrogens is 1. The third-order valence-corrected chi connectivity index (χ3v) is 3.28. The fourth-order valence-corrected chi connectivity index (χ4v) is 2.18. The van der Waals surface area contributed by atoms with Crippen molar-refractivity contribution in [3.8, 4) is 0 Å². The number of hydrogen-bond donors (Lipinski definition) is 1. The first-order valence-electron chi connectivity index (χ1n) is 6.81. The molecule has 0 amide bonds. The van der Waals surface area contributed by atoms with Gasteiger partial charge in [-0.2, -0.15) is 0 Å². The summed E-state index contributed by atoms with van der Waals surface area (Å²) < 4.78 is 40.3. The van der Waals surface area contributed by atoms with E-state index in [1.165, 1.54) is 6.07 Å². The van der Waals surface area contributed by atoms with Gasteiger partial charge in [-0.15, -0.1) is 0 Å². The van der Waals surface area contributed by atoms with E-state index in [0.29, 0.717) is 13.0 Å². The van der Waals surface area contributed by atoms with E-state index in [-0.39, 0.29) is 5.56 Å². The maximum atomic E-state index is 13.9. The highest BCUT2D eigenvalue weighted by Gasteiger charge is 2.21. The number of pyridine rings is 1. The predicted molar refractivity (Wildman–Crippen MR) is 75.4 cm³/mol. The van der Waals surface area contributed by atoms with Crippen molar-refractivity contribution in [2.75, 3.05) is 6.54 Å². The molecule has 1 unspecified atom stereocenters. The van der Waals surface area contributed by atoms with Crippen LogP contribution in [0.5, 0.6) is 0 Å². The Balaban J connectivity index is 2.30. The Morgan fingerprint density at radius 1 is 1.10 bits per heavy atom. The highest BCUT2D eigenvalue weighted by atomic mass is 19.2. The Labute approximate surface area is 122 Å². The third kappa shape index (κ3) is 3.61. The van der Waals surface area contributed by atoms with Crippen molar-refractivity contribution < 1.29 is 13.2 Å². The lowest BCUT2D eigenvalue weighted by atomic mass is 10.0. The zero-order valence-electron chi connectivity index (χ0n) is 12.0. The molecule has 2 nitrogen and oxygen atoms in total. The quantitative estimate of drug-likeness (QED) is 0.851. The molecule has 2 rings (SSSR count). The van der Waals surface area contributed by atoms with Crippen LogP contribution in [0.2, 0.25) is 0 Å². The van der Waals surface area contributed by atoms with Crippen LogP contribution >= 0.6 is 0 Å². The molecule has 21 heavy (non-hydrogen) atoms. The Hall–Kier alpha value is -1.88. The van der Waals surface area contributed by atoms with E-state index in [4.69, 9.17) is 0 Å². The largest absolute Gasteiger partial charge is 0.310 e. The molecule has 0 aliphatic rings. The predicted octanol–water partition coefficient (Wildman–Crippen LogP) is 3.70. The van der Waals surface area contributed by atoms with Crippen molar-refractivity contribution in [2.24, 2.45) is 0 Å². The summed E-state index contributed by atoms with van der Waals surface area (Å²) in [5.41, 5.74) is 1.89. The molecule has 2 aromatic rings. The lowest BCUT2D eigenvalue weighted by Gasteiger charge is -2.19. The molecule has 0 bridgehead atoms. The number of nitrogens with zero attached hydrogens (tertiary/aromatic N) is 1. The van der Waals surface area contributed by atoms with Crippen molar-refractivity contribution in [1.29, 1.82) is 0 Å². The second-order valence-corrected chi connectivity index (χ2v) is 4.91. The lowest BCUT2D eigenvalue weighted by Crippen LogP contribution is -2.25.